The summed E-state index contributed by atoms with van der Waals surface area (Å²) in [5, 5.41) is 3.21. The van der Waals surface area contributed by atoms with Crippen molar-refractivity contribution in [1.29, 1.82) is 0 Å². The highest BCUT2D eigenvalue weighted by atomic mass is 79.9. The molecule has 0 saturated carbocycles. The number of oxazole rings is 1. The van der Waals surface area contributed by atoms with Crippen molar-refractivity contribution >= 4 is 59.4 Å². The lowest BCUT2D eigenvalue weighted by Gasteiger charge is -2.31. The van der Waals surface area contributed by atoms with E-state index < -0.39 is 21.7 Å². The summed E-state index contributed by atoms with van der Waals surface area (Å²) in [7, 11) is -2.28. The van der Waals surface area contributed by atoms with E-state index >= 15 is 0 Å². The van der Waals surface area contributed by atoms with Crippen molar-refractivity contribution in [1.82, 2.24) is 13.9 Å². The molecule has 0 unspecified atom stereocenters. The summed E-state index contributed by atoms with van der Waals surface area (Å²) in [4.78, 5) is 28.3. The van der Waals surface area contributed by atoms with Crippen LogP contribution in [0.25, 0.3) is 11.1 Å². The average molecular weight is 501 g/mol. The Morgan fingerprint density at radius 1 is 1.41 bits per heavy atom. The SMILES string of the molecule is Cn1c(=O)oc2cc(S(=O)(=O)N3CCC[C@@H](C(=O)Nc4ncc(Br)s4)C3)ccc21. The smallest absolute Gasteiger partial charge is 0.408 e. The van der Waals surface area contributed by atoms with E-state index in [1.54, 1.807) is 19.3 Å². The zero-order valence-electron chi connectivity index (χ0n) is 15.3. The first kappa shape index (κ1) is 20.3. The van der Waals surface area contributed by atoms with E-state index in [4.69, 9.17) is 4.42 Å². The molecule has 1 aromatic carbocycles. The van der Waals surface area contributed by atoms with Gasteiger partial charge in [-0.15, -0.1) is 0 Å². The topological polar surface area (TPSA) is 115 Å². The summed E-state index contributed by atoms with van der Waals surface area (Å²) in [6, 6.07) is 4.34. The van der Waals surface area contributed by atoms with Gasteiger partial charge in [-0.05, 0) is 40.9 Å². The summed E-state index contributed by atoms with van der Waals surface area (Å²) < 4.78 is 34.7. The molecule has 12 heteroatoms. The predicted octanol–water partition coefficient (Wildman–Crippen LogP) is 2.39. The zero-order valence-corrected chi connectivity index (χ0v) is 18.5. The van der Waals surface area contributed by atoms with Crippen molar-refractivity contribution in [2.24, 2.45) is 13.0 Å². The van der Waals surface area contributed by atoms with Gasteiger partial charge in [-0.2, -0.15) is 4.31 Å². The molecule has 0 spiro atoms. The van der Waals surface area contributed by atoms with E-state index in [1.165, 1.54) is 32.3 Å². The van der Waals surface area contributed by atoms with Crippen LogP contribution in [0.2, 0.25) is 0 Å². The number of halogens is 1. The number of amides is 1. The van der Waals surface area contributed by atoms with Gasteiger partial charge >= 0.3 is 5.76 Å². The van der Waals surface area contributed by atoms with Crippen LogP contribution in [0.15, 0.2) is 42.3 Å². The largest absolute Gasteiger partial charge is 0.419 e. The molecule has 1 atom stereocenters. The normalized spacial score (nSPS) is 18.2. The Labute approximate surface area is 178 Å². The van der Waals surface area contributed by atoms with E-state index in [9.17, 15) is 18.0 Å². The molecular formula is C17H17BrN4O5S2. The Hall–Kier alpha value is -2.02. The fraction of sp³-hybridized carbons (Fsp3) is 0.353. The number of aromatic nitrogens is 2. The van der Waals surface area contributed by atoms with Crippen LogP contribution in [0.1, 0.15) is 12.8 Å². The molecule has 0 radical (unpaired) electrons. The van der Waals surface area contributed by atoms with Gasteiger partial charge in [0.25, 0.3) is 0 Å². The van der Waals surface area contributed by atoms with E-state index in [2.05, 4.69) is 26.2 Å². The van der Waals surface area contributed by atoms with Crippen LogP contribution in [0.3, 0.4) is 0 Å². The number of hydrogen-bond donors (Lipinski definition) is 1. The Bertz CT molecular complexity index is 1250. The summed E-state index contributed by atoms with van der Waals surface area (Å²) >= 11 is 4.58. The van der Waals surface area contributed by atoms with Crippen molar-refractivity contribution in [3.05, 3.63) is 38.7 Å². The molecule has 4 rings (SSSR count). The zero-order chi connectivity index (χ0) is 20.8. The van der Waals surface area contributed by atoms with Crippen molar-refractivity contribution in [3.8, 4) is 0 Å². The Balaban J connectivity index is 1.55. The van der Waals surface area contributed by atoms with Gasteiger partial charge in [0.2, 0.25) is 15.9 Å². The first-order valence-electron chi connectivity index (χ1n) is 8.77. The third kappa shape index (κ3) is 3.89. The van der Waals surface area contributed by atoms with Crippen LogP contribution < -0.4 is 11.1 Å². The molecular weight excluding hydrogens is 484 g/mol. The summed E-state index contributed by atoms with van der Waals surface area (Å²) in [5.41, 5.74) is 0.721. The molecule has 1 amide bonds. The summed E-state index contributed by atoms with van der Waals surface area (Å²) in [6.45, 7) is 0.406. The van der Waals surface area contributed by atoms with Crippen LogP contribution in [0.4, 0.5) is 5.13 Å². The van der Waals surface area contributed by atoms with Crippen molar-refractivity contribution in [2.45, 2.75) is 17.7 Å². The molecule has 3 aromatic rings. The van der Waals surface area contributed by atoms with E-state index in [1.807, 2.05) is 0 Å². The number of hydrogen-bond acceptors (Lipinski definition) is 7. The van der Waals surface area contributed by atoms with Crippen LogP contribution in [0, 0.1) is 5.92 Å². The number of thiazole rings is 1. The second kappa shape index (κ2) is 7.67. The Morgan fingerprint density at radius 3 is 2.93 bits per heavy atom. The quantitative estimate of drug-likeness (QED) is 0.587. The highest BCUT2D eigenvalue weighted by Crippen LogP contribution is 2.28. The highest BCUT2D eigenvalue weighted by molar-refractivity contribution is 9.11. The minimum atomic E-state index is -3.83. The monoisotopic (exact) mass is 500 g/mol. The standard InChI is InChI=1S/C17H17BrN4O5S2/c1-21-12-5-4-11(7-13(12)27-17(21)24)29(25,26)22-6-2-3-10(9-22)15(23)20-16-19-8-14(18)28-16/h4-5,7-8,10H,2-3,6,9H2,1H3,(H,19,20,23)/t10-/m1/s1. The van der Waals surface area contributed by atoms with Gasteiger partial charge in [0.15, 0.2) is 10.7 Å². The number of nitrogens with zero attached hydrogens (tertiary/aromatic N) is 3. The van der Waals surface area contributed by atoms with E-state index in [-0.39, 0.29) is 22.9 Å². The van der Waals surface area contributed by atoms with E-state index in [0.29, 0.717) is 30.0 Å². The number of aryl methyl sites for hydroxylation is 1. The molecule has 154 valence electrons. The number of carbonyl (C=O) groups excluding carboxylic acids is 1. The first-order chi connectivity index (χ1) is 13.8. The van der Waals surface area contributed by atoms with Gasteiger partial charge in [0.05, 0.1) is 26.3 Å². The van der Waals surface area contributed by atoms with Crippen LogP contribution in [-0.4, -0.2) is 41.3 Å². The second-order valence-corrected chi connectivity index (χ2v) is 11.1. The fourth-order valence-electron chi connectivity index (χ4n) is 3.32. The van der Waals surface area contributed by atoms with Gasteiger partial charge in [-0.3, -0.25) is 9.36 Å². The second-order valence-electron chi connectivity index (χ2n) is 6.72. The van der Waals surface area contributed by atoms with Crippen molar-refractivity contribution < 1.29 is 17.6 Å². The maximum absolute atomic E-state index is 13.1. The lowest BCUT2D eigenvalue weighted by molar-refractivity contribution is -0.120. The third-order valence-corrected chi connectivity index (χ3v) is 8.12. The highest BCUT2D eigenvalue weighted by Gasteiger charge is 2.34. The number of benzene rings is 1. The number of nitrogens with one attached hydrogen (secondary N) is 1. The fourth-order valence-corrected chi connectivity index (χ4v) is 5.97. The van der Waals surface area contributed by atoms with Gasteiger partial charge in [0.1, 0.15) is 0 Å². The molecule has 0 bridgehead atoms. The van der Waals surface area contributed by atoms with Crippen molar-refractivity contribution in [2.75, 3.05) is 18.4 Å². The Kier molecular flexibility index (Phi) is 5.36. The first-order valence-corrected chi connectivity index (χ1v) is 11.8. The molecule has 1 saturated heterocycles. The lowest BCUT2D eigenvalue weighted by Crippen LogP contribution is -2.43. The molecule has 29 heavy (non-hydrogen) atoms. The van der Waals surface area contributed by atoms with Crippen LogP contribution in [-0.2, 0) is 21.9 Å². The molecule has 1 N–H and O–H groups in total. The van der Waals surface area contributed by atoms with Gasteiger partial charge in [0, 0.05) is 26.2 Å². The van der Waals surface area contributed by atoms with Crippen LogP contribution >= 0.6 is 27.3 Å². The molecule has 2 aromatic heterocycles. The minimum absolute atomic E-state index is 0.0317. The number of fused-ring (bicyclic) bond motifs is 1. The molecule has 9 nitrogen and oxygen atoms in total. The number of anilines is 1. The number of rotatable bonds is 4. The Morgan fingerprint density at radius 2 is 2.21 bits per heavy atom. The number of sulfonamides is 1. The maximum atomic E-state index is 13.1. The van der Waals surface area contributed by atoms with Crippen LogP contribution in [0.5, 0.6) is 0 Å². The third-order valence-electron chi connectivity index (χ3n) is 4.86. The lowest BCUT2D eigenvalue weighted by atomic mass is 9.99. The molecule has 1 fully saturated rings. The van der Waals surface area contributed by atoms with Gasteiger partial charge in [-0.25, -0.2) is 18.2 Å². The molecule has 1 aliphatic rings. The number of carbonyl (C=O) groups is 1. The molecule has 1 aliphatic heterocycles. The maximum Gasteiger partial charge on any atom is 0.419 e. The van der Waals surface area contributed by atoms with Gasteiger partial charge < -0.3 is 9.73 Å². The predicted molar refractivity (Wildman–Crippen MR) is 111 cm³/mol. The van der Waals surface area contributed by atoms with Crippen molar-refractivity contribution in [3.63, 3.8) is 0 Å². The van der Waals surface area contributed by atoms with Gasteiger partial charge in [-0.1, -0.05) is 11.3 Å². The summed E-state index contributed by atoms with van der Waals surface area (Å²) in [5.74, 6) is -1.28. The summed E-state index contributed by atoms with van der Waals surface area (Å²) in [6.07, 6.45) is 2.76. The van der Waals surface area contributed by atoms with E-state index in [0.717, 1.165) is 3.79 Å². The molecule has 0 aliphatic carbocycles. The number of piperidine rings is 1. The minimum Gasteiger partial charge on any atom is -0.408 e. The molecule has 3 heterocycles. The average Bonchev–Trinajstić information content (AvgIpc) is 3.24.